The van der Waals surface area contributed by atoms with Crippen molar-refractivity contribution in [3.63, 3.8) is 0 Å². The fourth-order valence-electron chi connectivity index (χ4n) is 2.17. The smallest absolute Gasteiger partial charge is 0.319 e. The van der Waals surface area contributed by atoms with Crippen molar-refractivity contribution in [1.29, 1.82) is 0 Å². The summed E-state index contributed by atoms with van der Waals surface area (Å²) in [6, 6.07) is 10.2. The fourth-order valence-corrected chi connectivity index (χ4v) is 2.40. The van der Waals surface area contributed by atoms with Crippen LogP contribution in [0, 0.1) is 6.92 Å². The summed E-state index contributed by atoms with van der Waals surface area (Å²) >= 11 is 5.90. The molecule has 0 spiro atoms. The molecule has 0 aliphatic carbocycles. The van der Waals surface area contributed by atoms with E-state index in [0.29, 0.717) is 35.4 Å². The number of urea groups is 1. The van der Waals surface area contributed by atoms with E-state index in [1.165, 1.54) is 7.11 Å². The highest BCUT2D eigenvalue weighted by atomic mass is 35.5. The Balaban J connectivity index is 1.81. The third kappa shape index (κ3) is 5.46. The number of benzene rings is 2. The number of hydrogen-bond donors (Lipinski definition) is 2. The van der Waals surface area contributed by atoms with E-state index in [4.69, 9.17) is 25.8 Å². The minimum absolute atomic E-state index is 0.343. The number of aryl methyl sites for hydroxylation is 1. The summed E-state index contributed by atoms with van der Waals surface area (Å²) < 4.78 is 16.0. The number of nitrogens with one attached hydrogen (secondary N) is 2. The van der Waals surface area contributed by atoms with Crippen molar-refractivity contribution in [3.05, 3.63) is 47.0 Å². The molecule has 2 aromatic carbocycles. The molecule has 0 heterocycles. The third-order valence-corrected chi connectivity index (χ3v) is 3.67. The first-order valence-electron chi connectivity index (χ1n) is 7.69. The van der Waals surface area contributed by atoms with Gasteiger partial charge >= 0.3 is 6.03 Å². The highest BCUT2D eigenvalue weighted by Crippen LogP contribution is 2.28. The van der Waals surface area contributed by atoms with Gasteiger partial charge in [-0.05, 0) is 42.8 Å². The lowest BCUT2D eigenvalue weighted by Gasteiger charge is -2.13. The quantitative estimate of drug-likeness (QED) is 0.732. The van der Waals surface area contributed by atoms with Crippen LogP contribution in [-0.2, 0) is 0 Å². The molecule has 0 aromatic heterocycles. The predicted molar refractivity (Wildman–Crippen MR) is 98.3 cm³/mol. The standard InChI is InChI=1S/C18H21ClN2O4/c1-12-10-13(19)4-7-16(12)25-9-8-20-18(22)21-15-6-5-14(23-2)11-17(15)24-3/h4-7,10-11H,8-9H2,1-3H3,(H2,20,21,22). The molecule has 134 valence electrons. The number of ether oxygens (including phenoxy) is 3. The molecule has 0 atom stereocenters. The van der Waals surface area contributed by atoms with E-state index in [2.05, 4.69) is 10.6 Å². The van der Waals surface area contributed by atoms with Crippen LogP contribution < -0.4 is 24.8 Å². The van der Waals surface area contributed by atoms with Crippen molar-refractivity contribution in [2.45, 2.75) is 6.92 Å². The van der Waals surface area contributed by atoms with Crippen LogP contribution in [0.15, 0.2) is 36.4 Å². The Kier molecular flexibility index (Phi) is 6.77. The second kappa shape index (κ2) is 9.03. The SMILES string of the molecule is COc1ccc(NC(=O)NCCOc2ccc(Cl)cc2C)c(OC)c1. The Morgan fingerprint density at radius 2 is 1.88 bits per heavy atom. The molecule has 0 fully saturated rings. The van der Waals surface area contributed by atoms with Gasteiger partial charge in [0.2, 0.25) is 0 Å². The average Bonchev–Trinajstić information content (AvgIpc) is 2.60. The fraction of sp³-hybridized carbons (Fsp3) is 0.278. The van der Waals surface area contributed by atoms with Crippen LogP contribution >= 0.6 is 11.6 Å². The first kappa shape index (κ1) is 18.7. The summed E-state index contributed by atoms with van der Waals surface area (Å²) in [4.78, 5) is 12.0. The van der Waals surface area contributed by atoms with E-state index in [-0.39, 0.29) is 6.03 Å². The number of methoxy groups -OCH3 is 2. The van der Waals surface area contributed by atoms with Gasteiger partial charge < -0.3 is 24.8 Å². The number of amides is 2. The molecule has 25 heavy (non-hydrogen) atoms. The van der Waals surface area contributed by atoms with E-state index < -0.39 is 0 Å². The lowest BCUT2D eigenvalue weighted by atomic mass is 10.2. The van der Waals surface area contributed by atoms with Crippen LogP contribution in [0.25, 0.3) is 0 Å². The van der Waals surface area contributed by atoms with Crippen molar-refractivity contribution in [2.75, 3.05) is 32.7 Å². The molecule has 0 radical (unpaired) electrons. The maximum absolute atomic E-state index is 12.0. The summed E-state index contributed by atoms with van der Waals surface area (Å²) in [5.41, 5.74) is 1.50. The van der Waals surface area contributed by atoms with Crippen molar-refractivity contribution in [2.24, 2.45) is 0 Å². The number of anilines is 1. The van der Waals surface area contributed by atoms with Crippen LogP contribution in [-0.4, -0.2) is 33.4 Å². The summed E-state index contributed by atoms with van der Waals surface area (Å²) in [7, 11) is 3.09. The maximum atomic E-state index is 12.0. The number of hydrogen-bond acceptors (Lipinski definition) is 4. The molecule has 0 saturated carbocycles. The van der Waals surface area contributed by atoms with Crippen LogP contribution in [0.5, 0.6) is 17.2 Å². The van der Waals surface area contributed by atoms with Gasteiger partial charge in [0.25, 0.3) is 0 Å². The largest absolute Gasteiger partial charge is 0.497 e. The predicted octanol–water partition coefficient (Wildman–Crippen LogP) is 3.87. The van der Waals surface area contributed by atoms with E-state index in [0.717, 1.165) is 11.3 Å². The van der Waals surface area contributed by atoms with Gasteiger partial charge in [-0.15, -0.1) is 0 Å². The maximum Gasteiger partial charge on any atom is 0.319 e. The Morgan fingerprint density at radius 1 is 1.08 bits per heavy atom. The molecule has 0 saturated heterocycles. The van der Waals surface area contributed by atoms with Gasteiger partial charge in [-0.25, -0.2) is 4.79 Å². The molecule has 0 unspecified atom stereocenters. The second-order valence-electron chi connectivity index (χ2n) is 5.21. The zero-order chi connectivity index (χ0) is 18.2. The highest BCUT2D eigenvalue weighted by molar-refractivity contribution is 6.30. The zero-order valence-corrected chi connectivity index (χ0v) is 15.1. The van der Waals surface area contributed by atoms with Gasteiger partial charge in [0, 0.05) is 11.1 Å². The Labute approximate surface area is 152 Å². The minimum atomic E-state index is -0.347. The Morgan fingerprint density at radius 3 is 2.56 bits per heavy atom. The zero-order valence-electron chi connectivity index (χ0n) is 14.4. The van der Waals surface area contributed by atoms with Gasteiger partial charge in [-0.1, -0.05) is 11.6 Å². The van der Waals surface area contributed by atoms with Crippen LogP contribution in [0.4, 0.5) is 10.5 Å². The van der Waals surface area contributed by atoms with E-state index in [1.54, 1.807) is 37.4 Å². The van der Waals surface area contributed by atoms with E-state index in [9.17, 15) is 4.79 Å². The first-order valence-corrected chi connectivity index (χ1v) is 8.07. The first-order chi connectivity index (χ1) is 12.0. The topological polar surface area (TPSA) is 68.8 Å². The normalized spacial score (nSPS) is 10.1. The van der Waals surface area contributed by atoms with E-state index in [1.807, 2.05) is 13.0 Å². The van der Waals surface area contributed by atoms with Crippen LogP contribution in [0.2, 0.25) is 5.02 Å². The van der Waals surface area contributed by atoms with E-state index >= 15 is 0 Å². The molecule has 6 nitrogen and oxygen atoms in total. The van der Waals surface area contributed by atoms with Gasteiger partial charge in [0.1, 0.15) is 23.9 Å². The molecule has 7 heteroatoms. The summed E-state index contributed by atoms with van der Waals surface area (Å²) in [6.45, 7) is 2.61. The average molecular weight is 365 g/mol. The Bertz CT molecular complexity index is 737. The molecular formula is C18H21ClN2O4. The molecule has 0 bridgehead atoms. The second-order valence-corrected chi connectivity index (χ2v) is 5.64. The minimum Gasteiger partial charge on any atom is -0.497 e. The van der Waals surface area contributed by atoms with Gasteiger partial charge in [-0.3, -0.25) is 0 Å². The van der Waals surface area contributed by atoms with Crippen LogP contribution in [0.3, 0.4) is 0 Å². The molecule has 0 aliphatic rings. The number of halogens is 1. The molecule has 2 aromatic rings. The van der Waals surface area contributed by atoms with Crippen molar-refractivity contribution < 1.29 is 19.0 Å². The summed E-state index contributed by atoms with van der Waals surface area (Å²) in [5, 5.41) is 6.11. The highest BCUT2D eigenvalue weighted by Gasteiger charge is 2.08. The summed E-state index contributed by atoms with van der Waals surface area (Å²) in [6.07, 6.45) is 0. The monoisotopic (exact) mass is 364 g/mol. The lowest BCUT2D eigenvalue weighted by molar-refractivity contribution is 0.247. The van der Waals surface area contributed by atoms with Gasteiger partial charge in [-0.2, -0.15) is 0 Å². The number of carbonyl (C=O) groups excluding carboxylic acids is 1. The summed E-state index contributed by atoms with van der Waals surface area (Å²) in [5.74, 6) is 1.90. The van der Waals surface area contributed by atoms with Gasteiger partial charge in [0.05, 0.1) is 26.5 Å². The molecule has 2 rings (SSSR count). The molecule has 2 amide bonds. The molecule has 0 aliphatic heterocycles. The number of carbonyl (C=O) groups is 1. The molecule has 2 N–H and O–H groups in total. The molecular weight excluding hydrogens is 344 g/mol. The number of rotatable bonds is 7. The van der Waals surface area contributed by atoms with Crippen LogP contribution in [0.1, 0.15) is 5.56 Å². The lowest BCUT2D eigenvalue weighted by Crippen LogP contribution is -2.32. The van der Waals surface area contributed by atoms with Gasteiger partial charge in [0.15, 0.2) is 0 Å². The third-order valence-electron chi connectivity index (χ3n) is 3.44. The van der Waals surface area contributed by atoms with Crippen molar-refractivity contribution >= 4 is 23.3 Å². The Hall–Kier alpha value is -2.60. The van der Waals surface area contributed by atoms with Crippen molar-refractivity contribution in [3.8, 4) is 17.2 Å². The van der Waals surface area contributed by atoms with Crippen molar-refractivity contribution in [1.82, 2.24) is 5.32 Å².